The number of pyridine rings is 1. The van der Waals surface area contributed by atoms with E-state index in [4.69, 9.17) is 4.74 Å². The van der Waals surface area contributed by atoms with Crippen molar-refractivity contribution in [3.05, 3.63) is 92.4 Å². The van der Waals surface area contributed by atoms with Crippen LogP contribution in [0.25, 0.3) is 0 Å². The molecule has 0 bridgehead atoms. The second-order valence-electron chi connectivity index (χ2n) is 11.0. The molecule has 1 amide bonds. The molecule has 1 N–H and O–H groups in total. The first-order chi connectivity index (χ1) is 18.2. The monoisotopic (exact) mass is 520 g/mol. The normalized spacial score (nSPS) is 22.9. The van der Waals surface area contributed by atoms with Gasteiger partial charge >= 0.3 is 0 Å². The van der Waals surface area contributed by atoms with Crippen molar-refractivity contribution in [2.75, 3.05) is 36.2 Å². The zero-order valence-electron chi connectivity index (χ0n) is 20.9. The summed E-state index contributed by atoms with van der Waals surface area (Å²) in [5.41, 5.74) is 2.65. The topological polar surface area (TPSA) is 78.2 Å². The van der Waals surface area contributed by atoms with Gasteiger partial charge in [-0.25, -0.2) is 8.78 Å². The van der Waals surface area contributed by atoms with Crippen LogP contribution >= 0.6 is 0 Å². The molecule has 10 heteroatoms. The molecule has 196 valence electrons. The molecule has 0 radical (unpaired) electrons. The van der Waals surface area contributed by atoms with Gasteiger partial charge in [0.25, 0.3) is 5.91 Å². The number of hydrogen-bond donors (Lipinski definition) is 1. The lowest BCUT2D eigenvalue weighted by Crippen LogP contribution is -2.66. The van der Waals surface area contributed by atoms with Crippen molar-refractivity contribution in [2.24, 2.45) is 0 Å². The van der Waals surface area contributed by atoms with Gasteiger partial charge in [-0.1, -0.05) is 38.1 Å². The number of aromatic nitrogens is 1. The second kappa shape index (κ2) is 7.80. The van der Waals surface area contributed by atoms with Crippen molar-refractivity contribution in [1.82, 2.24) is 9.58 Å². The maximum absolute atomic E-state index is 15.6. The zero-order valence-corrected chi connectivity index (χ0v) is 20.9. The Kier molecular flexibility index (Phi) is 4.76. The van der Waals surface area contributed by atoms with E-state index >= 15 is 4.39 Å². The number of hydrogen-bond acceptors (Lipinski definition) is 6. The molecule has 38 heavy (non-hydrogen) atoms. The lowest BCUT2D eigenvalue weighted by molar-refractivity contribution is -0.0196. The van der Waals surface area contributed by atoms with Gasteiger partial charge in [0.1, 0.15) is 12.2 Å². The van der Waals surface area contributed by atoms with Crippen molar-refractivity contribution in [1.29, 1.82) is 0 Å². The molecule has 2 atom stereocenters. The zero-order chi connectivity index (χ0) is 26.5. The van der Waals surface area contributed by atoms with E-state index in [1.165, 1.54) is 16.9 Å². The molecule has 4 aliphatic rings. The number of carbonyl (C=O) groups excluding carboxylic acids is 1. The van der Waals surface area contributed by atoms with Crippen LogP contribution in [0.5, 0.6) is 5.75 Å². The van der Waals surface area contributed by atoms with Gasteiger partial charge in [-0.3, -0.25) is 19.3 Å². The van der Waals surface area contributed by atoms with Gasteiger partial charge in [-0.2, -0.15) is 0 Å². The van der Waals surface area contributed by atoms with Crippen molar-refractivity contribution >= 4 is 11.6 Å². The number of anilines is 1. The third-order valence-electron chi connectivity index (χ3n) is 8.31. The second-order valence-corrected chi connectivity index (χ2v) is 11.0. The summed E-state index contributed by atoms with van der Waals surface area (Å²) < 4.78 is 37.5. The summed E-state index contributed by atoms with van der Waals surface area (Å²) in [6.07, 6.45) is 0.838. The van der Waals surface area contributed by atoms with Crippen LogP contribution in [0.1, 0.15) is 52.6 Å². The number of benzene rings is 2. The summed E-state index contributed by atoms with van der Waals surface area (Å²) in [6.45, 7) is 5.79. The molecular weight excluding hydrogens is 494 g/mol. The predicted molar refractivity (Wildman–Crippen MR) is 135 cm³/mol. The summed E-state index contributed by atoms with van der Waals surface area (Å²) in [5.74, 6) is -2.96. The van der Waals surface area contributed by atoms with E-state index in [-0.39, 0.29) is 36.4 Å². The number of para-hydroxylation sites is 1. The van der Waals surface area contributed by atoms with Crippen LogP contribution in [0.2, 0.25) is 0 Å². The molecule has 4 aliphatic heterocycles. The van der Waals surface area contributed by atoms with Crippen molar-refractivity contribution in [3.8, 4) is 5.75 Å². The van der Waals surface area contributed by atoms with Crippen LogP contribution in [-0.4, -0.2) is 53.1 Å². The van der Waals surface area contributed by atoms with Crippen LogP contribution in [-0.2, 0) is 16.7 Å². The molecule has 2 aromatic carbocycles. The summed E-state index contributed by atoms with van der Waals surface area (Å²) in [4.78, 5) is 29.6. The molecule has 3 aromatic rings. The lowest BCUT2D eigenvalue weighted by atomic mass is 9.84. The Morgan fingerprint density at radius 3 is 2.71 bits per heavy atom. The number of morpholine rings is 1. The Hall–Kier alpha value is -3.92. The Bertz CT molecular complexity index is 1590. The Balaban J connectivity index is 1.57. The van der Waals surface area contributed by atoms with E-state index in [1.54, 1.807) is 11.0 Å². The van der Waals surface area contributed by atoms with Crippen LogP contribution in [0, 0.1) is 11.6 Å². The fraction of sp³-hybridized carbons (Fsp3) is 0.357. The van der Waals surface area contributed by atoms with Crippen LogP contribution in [0.4, 0.5) is 14.5 Å². The first-order valence-corrected chi connectivity index (χ1v) is 12.7. The van der Waals surface area contributed by atoms with Crippen LogP contribution in [0.3, 0.4) is 0 Å². The van der Waals surface area contributed by atoms with Gasteiger partial charge < -0.3 is 19.6 Å². The quantitative estimate of drug-likeness (QED) is 0.532. The van der Waals surface area contributed by atoms with Gasteiger partial charge in [0.2, 0.25) is 5.43 Å². The predicted octanol–water partition coefficient (Wildman–Crippen LogP) is 2.98. The lowest BCUT2D eigenvalue weighted by Gasteiger charge is -2.51. The summed E-state index contributed by atoms with van der Waals surface area (Å²) >= 11 is 0. The first-order valence-electron chi connectivity index (χ1n) is 12.7. The third kappa shape index (κ3) is 2.97. The number of carbonyl (C=O) groups is 1. The van der Waals surface area contributed by atoms with E-state index in [9.17, 15) is 19.1 Å². The van der Waals surface area contributed by atoms with Crippen molar-refractivity contribution in [3.63, 3.8) is 0 Å². The van der Waals surface area contributed by atoms with Gasteiger partial charge in [0, 0.05) is 54.1 Å². The smallest absolute Gasteiger partial charge is 0.278 e. The van der Waals surface area contributed by atoms with Crippen molar-refractivity contribution in [2.45, 2.75) is 38.0 Å². The van der Waals surface area contributed by atoms with Gasteiger partial charge in [-0.15, -0.1) is 0 Å². The molecule has 0 spiro atoms. The highest BCUT2D eigenvalue weighted by Gasteiger charge is 2.48. The number of amides is 1. The Morgan fingerprint density at radius 1 is 1.08 bits per heavy atom. The molecular formula is C28H26F2N4O4. The fourth-order valence-corrected chi connectivity index (χ4v) is 6.66. The average Bonchev–Trinajstić information content (AvgIpc) is 3.08. The maximum atomic E-state index is 15.6. The number of rotatable bonds is 1. The van der Waals surface area contributed by atoms with Crippen LogP contribution in [0.15, 0.2) is 47.4 Å². The third-order valence-corrected chi connectivity index (χ3v) is 8.31. The van der Waals surface area contributed by atoms with E-state index in [1.807, 2.05) is 17.1 Å². The minimum atomic E-state index is -0.926. The maximum Gasteiger partial charge on any atom is 0.278 e. The van der Waals surface area contributed by atoms with E-state index < -0.39 is 40.9 Å². The Morgan fingerprint density at radius 2 is 1.89 bits per heavy atom. The molecule has 7 rings (SSSR count). The SMILES string of the molecule is CC1(C)CN2Cc3c(ccc(F)c3F)C(N3C4COCCN4C(=O)c4c(O)c(=O)ccn43)c3cccc1c32. The largest absolute Gasteiger partial charge is 0.502 e. The fourth-order valence-electron chi connectivity index (χ4n) is 6.66. The highest BCUT2D eigenvalue weighted by Crippen LogP contribution is 2.51. The minimum absolute atomic E-state index is 0.159. The van der Waals surface area contributed by atoms with E-state index in [0.717, 1.165) is 22.9 Å². The molecule has 1 aromatic heterocycles. The molecule has 8 nitrogen and oxygen atoms in total. The van der Waals surface area contributed by atoms with Crippen LogP contribution < -0.4 is 15.3 Å². The van der Waals surface area contributed by atoms with E-state index in [0.29, 0.717) is 18.7 Å². The molecule has 1 fully saturated rings. The molecule has 0 saturated carbocycles. The van der Waals surface area contributed by atoms with E-state index in [2.05, 4.69) is 24.8 Å². The summed E-state index contributed by atoms with van der Waals surface area (Å²) in [6, 6.07) is 9.24. The number of halogens is 2. The number of aromatic hydroxyl groups is 1. The van der Waals surface area contributed by atoms with Gasteiger partial charge in [0.15, 0.2) is 23.1 Å². The van der Waals surface area contributed by atoms with Crippen molar-refractivity contribution < 1.29 is 23.4 Å². The summed E-state index contributed by atoms with van der Waals surface area (Å²) in [7, 11) is 0. The number of nitrogens with zero attached hydrogens (tertiary/aromatic N) is 4. The number of ether oxygens (including phenoxy) is 1. The number of fused-ring (bicyclic) bond motifs is 3. The highest BCUT2D eigenvalue weighted by atomic mass is 19.2. The first kappa shape index (κ1) is 23.2. The molecule has 5 heterocycles. The standard InChI is InChI=1S/C28H26F2N4O4/c1-28(2)14-31-12-17-15(6-7-19(29)22(17)30)23(16-4-3-5-18(28)24(16)31)34-21-13-38-11-10-32(21)27(37)25-26(36)20(35)8-9-33(25)34/h3-9,21,23,36H,10-14H2,1-2H3. The van der Waals surface area contributed by atoms with Gasteiger partial charge in [0.05, 0.1) is 13.2 Å². The Labute approximate surface area is 217 Å². The van der Waals surface area contributed by atoms with Gasteiger partial charge in [-0.05, 0) is 17.2 Å². The average molecular weight is 521 g/mol. The minimum Gasteiger partial charge on any atom is -0.502 e. The molecule has 0 aliphatic carbocycles. The highest BCUT2D eigenvalue weighted by molar-refractivity contribution is 5.96. The molecule has 2 unspecified atom stereocenters. The molecule has 1 saturated heterocycles. The summed E-state index contributed by atoms with van der Waals surface area (Å²) in [5, 5.41) is 12.6.